The molecule has 0 spiro atoms. The minimum absolute atomic E-state index is 0.0991. The molecule has 0 amide bonds. The Hall–Kier alpha value is -1.77. The predicted octanol–water partition coefficient (Wildman–Crippen LogP) is 3.88. The lowest BCUT2D eigenvalue weighted by atomic mass is 9.87. The van der Waals surface area contributed by atoms with Gasteiger partial charge in [-0.15, -0.1) is 0 Å². The number of hydrogen-bond donors (Lipinski definition) is 1. The van der Waals surface area contributed by atoms with Crippen LogP contribution >= 0.6 is 0 Å². The summed E-state index contributed by atoms with van der Waals surface area (Å²) in [6.45, 7) is 11.1. The van der Waals surface area contributed by atoms with Crippen LogP contribution in [0.2, 0.25) is 0 Å². The van der Waals surface area contributed by atoms with E-state index >= 15 is 0 Å². The first-order valence-corrected chi connectivity index (χ1v) is 6.72. The maximum atomic E-state index is 10.4. The maximum Gasteiger partial charge on any atom is 0.217 e. The van der Waals surface area contributed by atoms with Crippen molar-refractivity contribution in [3.63, 3.8) is 0 Å². The lowest BCUT2D eigenvalue weighted by molar-refractivity contribution is 0.405. The molecule has 102 valence electrons. The van der Waals surface area contributed by atoms with Crippen molar-refractivity contribution < 1.29 is 5.11 Å². The number of aromatic hydroxyl groups is 1. The van der Waals surface area contributed by atoms with Crippen molar-refractivity contribution in [1.29, 1.82) is 0 Å². The molecule has 0 aliphatic carbocycles. The molecule has 0 radical (unpaired) electrons. The summed E-state index contributed by atoms with van der Waals surface area (Å²) in [7, 11) is 0. The Morgan fingerprint density at radius 2 is 1.74 bits per heavy atom. The number of rotatable bonds is 2. The highest BCUT2D eigenvalue weighted by Gasteiger charge is 2.27. The number of aromatic nitrogens is 2. The number of aryl methyl sites for hydroxylation is 2. The Bertz CT molecular complexity index is 574. The summed E-state index contributed by atoms with van der Waals surface area (Å²) in [6.07, 6.45) is 0. The maximum absolute atomic E-state index is 10.4. The van der Waals surface area contributed by atoms with Crippen LogP contribution in [0.5, 0.6) is 5.88 Å². The molecule has 0 aliphatic heterocycles. The van der Waals surface area contributed by atoms with Crippen LogP contribution < -0.4 is 0 Å². The van der Waals surface area contributed by atoms with Crippen LogP contribution in [0.3, 0.4) is 0 Å². The second kappa shape index (κ2) is 4.72. The molecule has 0 aliphatic rings. The van der Waals surface area contributed by atoms with E-state index in [1.165, 1.54) is 5.56 Å². The van der Waals surface area contributed by atoms with Crippen LogP contribution in [0.4, 0.5) is 0 Å². The van der Waals surface area contributed by atoms with E-state index in [1.54, 1.807) is 4.68 Å². The number of benzene rings is 1. The fraction of sp³-hybridized carbons (Fsp3) is 0.438. The third-order valence-electron chi connectivity index (χ3n) is 3.28. The summed E-state index contributed by atoms with van der Waals surface area (Å²) in [5, 5.41) is 15.0. The molecule has 1 aromatic carbocycles. The van der Waals surface area contributed by atoms with Crippen LogP contribution in [0, 0.1) is 6.92 Å². The molecule has 2 aromatic rings. The Kier molecular flexibility index (Phi) is 3.40. The molecule has 3 nitrogen and oxygen atoms in total. The minimum Gasteiger partial charge on any atom is -0.493 e. The van der Waals surface area contributed by atoms with Gasteiger partial charge < -0.3 is 5.11 Å². The van der Waals surface area contributed by atoms with Gasteiger partial charge in [0, 0.05) is 12.0 Å². The van der Waals surface area contributed by atoms with Gasteiger partial charge in [0.05, 0.1) is 11.3 Å². The highest BCUT2D eigenvalue weighted by atomic mass is 16.3. The fourth-order valence-electron chi connectivity index (χ4n) is 2.18. The molecule has 2 rings (SSSR count). The molecule has 0 saturated carbocycles. The third kappa shape index (κ3) is 2.50. The summed E-state index contributed by atoms with van der Waals surface area (Å²) in [6, 6.07) is 8.21. The number of nitrogens with zero attached hydrogens (tertiary/aromatic N) is 2. The minimum atomic E-state index is -0.0991. The smallest absolute Gasteiger partial charge is 0.217 e. The summed E-state index contributed by atoms with van der Waals surface area (Å²) >= 11 is 0. The van der Waals surface area contributed by atoms with E-state index in [-0.39, 0.29) is 11.3 Å². The summed E-state index contributed by atoms with van der Waals surface area (Å²) in [4.78, 5) is 0. The van der Waals surface area contributed by atoms with Crippen molar-refractivity contribution in [3.05, 3.63) is 35.5 Å². The molecule has 1 aromatic heterocycles. The lowest BCUT2D eigenvalue weighted by Gasteiger charge is -2.17. The highest BCUT2D eigenvalue weighted by Crippen LogP contribution is 2.38. The molecular formula is C16H22N2O. The number of hydrogen-bond acceptors (Lipinski definition) is 2. The van der Waals surface area contributed by atoms with Crippen molar-refractivity contribution in [1.82, 2.24) is 9.78 Å². The van der Waals surface area contributed by atoms with Gasteiger partial charge in [-0.25, -0.2) is 4.68 Å². The van der Waals surface area contributed by atoms with Gasteiger partial charge in [0.1, 0.15) is 0 Å². The van der Waals surface area contributed by atoms with Gasteiger partial charge in [0.25, 0.3) is 0 Å². The zero-order valence-electron chi connectivity index (χ0n) is 12.4. The van der Waals surface area contributed by atoms with Crippen molar-refractivity contribution in [2.24, 2.45) is 0 Å². The van der Waals surface area contributed by atoms with Gasteiger partial charge in [0.15, 0.2) is 0 Å². The van der Waals surface area contributed by atoms with Crippen molar-refractivity contribution in [2.45, 2.75) is 46.6 Å². The summed E-state index contributed by atoms with van der Waals surface area (Å²) < 4.78 is 1.66. The van der Waals surface area contributed by atoms with Gasteiger partial charge in [-0.1, -0.05) is 50.6 Å². The molecule has 0 bridgehead atoms. The van der Waals surface area contributed by atoms with E-state index in [4.69, 9.17) is 0 Å². The normalized spacial score (nSPS) is 11.8. The van der Waals surface area contributed by atoms with E-state index in [1.807, 2.05) is 19.1 Å². The molecule has 1 N–H and O–H groups in total. The van der Waals surface area contributed by atoms with Gasteiger partial charge in [-0.05, 0) is 19.4 Å². The van der Waals surface area contributed by atoms with Crippen LogP contribution in [-0.2, 0) is 12.0 Å². The van der Waals surface area contributed by atoms with Crippen molar-refractivity contribution in [3.8, 4) is 17.0 Å². The SMILES string of the molecule is CCn1nc(C(C)(C)C)c(-c2ccc(C)cc2)c1O. The van der Waals surface area contributed by atoms with Crippen molar-refractivity contribution >= 4 is 0 Å². The molecule has 3 heteroatoms. The Morgan fingerprint density at radius 1 is 1.16 bits per heavy atom. The first-order chi connectivity index (χ1) is 8.84. The van der Waals surface area contributed by atoms with E-state index in [0.717, 1.165) is 16.8 Å². The lowest BCUT2D eigenvalue weighted by Crippen LogP contribution is -2.14. The topological polar surface area (TPSA) is 38.0 Å². The Morgan fingerprint density at radius 3 is 2.21 bits per heavy atom. The van der Waals surface area contributed by atoms with Gasteiger partial charge in [-0.3, -0.25) is 0 Å². The largest absolute Gasteiger partial charge is 0.493 e. The molecule has 0 unspecified atom stereocenters. The highest BCUT2D eigenvalue weighted by molar-refractivity contribution is 5.72. The van der Waals surface area contributed by atoms with Crippen molar-refractivity contribution in [2.75, 3.05) is 0 Å². The average Bonchev–Trinajstić information content (AvgIpc) is 2.67. The van der Waals surface area contributed by atoms with Gasteiger partial charge in [0.2, 0.25) is 5.88 Å². The standard InChI is InChI=1S/C16H22N2O/c1-6-18-15(19)13(14(17-18)16(3,4)5)12-9-7-11(2)8-10-12/h7-10,19H,6H2,1-5H3. The van der Waals surface area contributed by atoms with Crippen LogP contribution in [-0.4, -0.2) is 14.9 Å². The monoisotopic (exact) mass is 258 g/mol. The predicted molar refractivity (Wildman–Crippen MR) is 78.4 cm³/mol. The molecule has 1 heterocycles. The fourth-order valence-corrected chi connectivity index (χ4v) is 2.18. The average molecular weight is 258 g/mol. The quantitative estimate of drug-likeness (QED) is 0.887. The zero-order chi connectivity index (χ0) is 14.2. The van der Waals surface area contributed by atoms with Gasteiger partial charge in [-0.2, -0.15) is 5.10 Å². The van der Waals surface area contributed by atoms with Crippen LogP contribution in [0.1, 0.15) is 39.0 Å². The summed E-state index contributed by atoms with van der Waals surface area (Å²) in [5.74, 6) is 0.260. The Labute approximate surface area is 114 Å². The first kappa shape index (κ1) is 13.7. The second-order valence-corrected chi connectivity index (χ2v) is 5.98. The van der Waals surface area contributed by atoms with Gasteiger partial charge >= 0.3 is 0 Å². The van der Waals surface area contributed by atoms with E-state index in [0.29, 0.717) is 6.54 Å². The first-order valence-electron chi connectivity index (χ1n) is 6.72. The molecule has 0 fully saturated rings. The summed E-state index contributed by atoms with van der Waals surface area (Å²) in [5.41, 5.74) is 3.93. The van der Waals surface area contributed by atoms with Crippen LogP contribution in [0.15, 0.2) is 24.3 Å². The van der Waals surface area contributed by atoms with E-state index < -0.39 is 0 Å². The van der Waals surface area contributed by atoms with E-state index in [9.17, 15) is 5.11 Å². The van der Waals surface area contributed by atoms with E-state index in [2.05, 4.69) is 44.9 Å². The molecule has 19 heavy (non-hydrogen) atoms. The third-order valence-corrected chi connectivity index (χ3v) is 3.28. The Balaban J connectivity index is 2.67. The molecule has 0 saturated heterocycles. The zero-order valence-corrected chi connectivity index (χ0v) is 12.4. The molecular weight excluding hydrogens is 236 g/mol. The van der Waals surface area contributed by atoms with Crippen LogP contribution in [0.25, 0.3) is 11.1 Å². The molecule has 0 atom stereocenters. The second-order valence-electron chi connectivity index (χ2n) is 5.98.